The first-order chi connectivity index (χ1) is 9.61. The van der Waals surface area contributed by atoms with Crippen molar-refractivity contribution in [3.8, 4) is 0 Å². The Labute approximate surface area is 116 Å². The van der Waals surface area contributed by atoms with Crippen LogP contribution >= 0.6 is 0 Å². The predicted octanol–water partition coefficient (Wildman–Crippen LogP) is 1.63. The van der Waals surface area contributed by atoms with E-state index in [4.69, 9.17) is 0 Å². The smallest absolute Gasteiger partial charge is 0.426 e. The molecule has 0 radical (unpaired) electrons. The van der Waals surface area contributed by atoms with Crippen LogP contribution in [-0.2, 0) is 16.0 Å². The van der Waals surface area contributed by atoms with Crippen molar-refractivity contribution in [3.05, 3.63) is 36.0 Å². The second-order valence-corrected chi connectivity index (χ2v) is 4.38. The van der Waals surface area contributed by atoms with Crippen molar-refractivity contribution in [1.29, 1.82) is 0 Å². The number of carbonyl (C=O) groups excluding carboxylic acids is 2. The van der Waals surface area contributed by atoms with Crippen LogP contribution < -0.4 is 10.7 Å². The molecule has 1 heterocycles. The quantitative estimate of drug-likeness (QED) is 0.890. The van der Waals surface area contributed by atoms with E-state index in [1.54, 1.807) is 4.68 Å². The van der Waals surface area contributed by atoms with Crippen LogP contribution in [0.5, 0.6) is 0 Å². The average molecular weight is 275 g/mol. The zero-order chi connectivity index (χ0) is 14.5. The highest BCUT2D eigenvalue weighted by atomic mass is 16.5. The number of para-hydroxylation sites is 1. The van der Waals surface area contributed by atoms with Gasteiger partial charge in [-0.1, -0.05) is 18.2 Å². The Morgan fingerprint density at radius 3 is 2.75 bits per heavy atom. The van der Waals surface area contributed by atoms with Crippen molar-refractivity contribution >= 4 is 22.9 Å². The SMILES string of the molecule is COC(=O)Nn1cc(CCNC(C)=O)c2ccccc21. The lowest BCUT2D eigenvalue weighted by Gasteiger charge is -2.05. The third kappa shape index (κ3) is 3.09. The molecule has 20 heavy (non-hydrogen) atoms. The fraction of sp³-hybridized carbons (Fsp3) is 0.286. The van der Waals surface area contributed by atoms with E-state index in [1.165, 1.54) is 14.0 Å². The summed E-state index contributed by atoms with van der Waals surface area (Å²) in [5.41, 5.74) is 4.55. The Kier molecular flexibility index (Phi) is 4.24. The number of rotatable bonds is 4. The molecule has 2 aromatic rings. The summed E-state index contributed by atoms with van der Waals surface area (Å²) in [7, 11) is 1.32. The van der Waals surface area contributed by atoms with E-state index in [9.17, 15) is 9.59 Å². The van der Waals surface area contributed by atoms with Gasteiger partial charge in [-0.05, 0) is 18.1 Å². The molecule has 1 aromatic heterocycles. The largest absolute Gasteiger partial charge is 0.452 e. The number of carbonyl (C=O) groups is 2. The monoisotopic (exact) mass is 275 g/mol. The molecule has 0 aliphatic rings. The number of nitrogens with one attached hydrogen (secondary N) is 2. The minimum atomic E-state index is -0.529. The van der Waals surface area contributed by atoms with Gasteiger partial charge in [0.15, 0.2) is 0 Å². The summed E-state index contributed by atoms with van der Waals surface area (Å²) in [5, 5.41) is 3.80. The summed E-state index contributed by atoms with van der Waals surface area (Å²) in [6.45, 7) is 2.05. The first-order valence-electron chi connectivity index (χ1n) is 6.30. The lowest BCUT2D eigenvalue weighted by molar-refractivity contribution is -0.118. The molecule has 0 saturated heterocycles. The number of ether oxygens (including phenoxy) is 1. The molecule has 6 heteroatoms. The molecule has 0 spiro atoms. The van der Waals surface area contributed by atoms with E-state index in [1.807, 2.05) is 30.5 Å². The van der Waals surface area contributed by atoms with E-state index < -0.39 is 6.09 Å². The van der Waals surface area contributed by atoms with E-state index in [2.05, 4.69) is 15.5 Å². The average Bonchev–Trinajstić information content (AvgIpc) is 2.77. The van der Waals surface area contributed by atoms with Gasteiger partial charge in [0, 0.05) is 25.1 Å². The van der Waals surface area contributed by atoms with Gasteiger partial charge in [-0.15, -0.1) is 0 Å². The molecule has 2 amide bonds. The number of nitrogens with zero attached hydrogens (tertiary/aromatic N) is 1. The van der Waals surface area contributed by atoms with Gasteiger partial charge in [0.25, 0.3) is 0 Å². The van der Waals surface area contributed by atoms with Crippen LogP contribution in [-0.4, -0.2) is 30.3 Å². The van der Waals surface area contributed by atoms with Crippen molar-refractivity contribution < 1.29 is 14.3 Å². The van der Waals surface area contributed by atoms with Gasteiger partial charge in [-0.3, -0.25) is 9.47 Å². The molecular weight excluding hydrogens is 258 g/mol. The first-order valence-corrected chi connectivity index (χ1v) is 6.30. The highest BCUT2D eigenvalue weighted by molar-refractivity contribution is 5.87. The summed E-state index contributed by atoms with van der Waals surface area (Å²) < 4.78 is 6.23. The Hall–Kier alpha value is -2.50. The van der Waals surface area contributed by atoms with E-state index in [0.717, 1.165) is 16.5 Å². The number of amides is 2. The molecule has 2 N–H and O–H groups in total. The molecular formula is C14H17N3O3. The highest BCUT2D eigenvalue weighted by Gasteiger charge is 2.10. The van der Waals surface area contributed by atoms with Crippen LogP contribution in [0.2, 0.25) is 0 Å². The normalized spacial score (nSPS) is 10.3. The fourth-order valence-corrected chi connectivity index (χ4v) is 2.06. The van der Waals surface area contributed by atoms with Gasteiger partial charge < -0.3 is 10.1 Å². The molecule has 1 aromatic carbocycles. The van der Waals surface area contributed by atoms with Crippen LogP contribution in [0.25, 0.3) is 10.9 Å². The van der Waals surface area contributed by atoms with Gasteiger partial charge in [-0.2, -0.15) is 0 Å². The third-order valence-corrected chi connectivity index (χ3v) is 2.96. The molecule has 0 saturated carbocycles. The van der Waals surface area contributed by atoms with Gasteiger partial charge in [-0.25, -0.2) is 10.2 Å². The molecule has 2 rings (SSSR count). The van der Waals surface area contributed by atoms with Crippen molar-refractivity contribution in [2.75, 3.05) is 19.1 Å². The molecule has 0 aliphatic heterocycles. The third-order valence-electron chi connectivity index (χ3n) is 2.96. The highest BCUT2D eigenvalue weighted by Crippen LogP contribution is 2.20. The van der Waals surface area contributed by atoms with Crippen molar-refractivity contribution in [1.82, 2.24) is 9.99 Å². The minimum Gasteiger partial charge on any atom is -0.452 e. The topological polar surface area (TPSA) is 72.4 Å². The van der Waals surface area contributed by atoms with E-state index in [0.29, 0.717) is 13.0 Å². The van der Waals surface area contributed by atoms with Gasteiger partial charge >= 0.3 is 6.09 Å². The molecule has 0 fully saturated rings. The molecule has 0 atom stereocenters. The molecule has 6 nitrogen and oxygen atoms in total. The second kappa shape index (κ2) is 6.10. The number of aromatic nitrogens is 1. The van der Waals surface area contributed by atoms with Crippen molar-refractivity contribution in [2.24, 2.45) is 0 Å². The van der Waals surface area contributed by atoms with Gasteiger partial charge in [0.2, 0.25) is 5.91 Å². The van der Waals surface area contributed by atoms with Crippen LogP contribution in [0.3, 0.4) is 0 Å². The minimum absolute atomic E-state index is 0.0542. The molecule has 0 bridgehead atoms. The molecule has 0 aliphatic carbocycles. The summed E-state index contributed by atoms with van der Waals surface area (Å²) >= 11 is 0. The lowest BCUT2D eigenvalue weighted by Crippen LogP contribution is -2.22. The van der Waals surface area contributed by atoms with Crippen molar-refractivity contribution in [3.63, 3.8) is 0 Å². The summed E-state index contributed by atoms with van der Waals surface area (Å²) in [6, 6.07) is 7.73. The summed E-state index contributed by atoms with van der Waals surface area (Å²) in [5.74, 6) is -0.0542. The fourth-order valence-electron chi connectivity index (χ4n) is 2.06. The van der Waals surface area contributed by atoms with Crippen LogP contribution in [0.15, 0.2) is 30.5 Å². The summed E-state index contributed by atoms with van der Waals surface area (Å²) in [4.78, 5) is 22.2. The maximum atomic E-state index is 11.3. The zero-order valence-corrected chi connectivity index (χ0v) is 11.5. The number of hydrogen-bond donors (Lipinski definition) is 2. The Bertz CT molecular complexity index is 634. The van der Waals surface area contributed by atoms with E-state index in [-0.39, 0.29) is 5.91 Å². The maximum Gasteiger partial charge on any atom is 0.426 e. The first kappa shape index (κ1) is 13.9. The van der Waals surface area contributed by atoms with E-state index >= 15 is 0 Å². The Morgan fingerprint density at radius 2 is 2.05 bits per heavy atom. The zero-order valence-electron chi connectivity index (χ0n) is 11.5. The number of methoxy groups -OCH3 is 1. The standard InChI is InChI=1S/C14H17N3O3/c1-10(18)15-8-7-11-9-17(16-14(19)20-2)13-6-4-3-5-12(11)13/h3-6,9H,7-8H2,1-2H3,(H,15,18)(H,16,19). The van der Waals surface area contributed by atoms with Gasteiger partial charge in [0.1, 0.15) is 0 Å². The molecule has 0 unspecified atom stereocenters. The number of fused-ring (bicyclic) bond motifs is 1. The maximum absolute atomic E-state index is 11.3. The van der Waals surface area contributed by atoms with Crippen LogP contribution in [0, 0.1) is 0 Å². The van der Waals surface area contributed by atoms with Gasteiger partial charge in [0.05, 0.1) is 12.6 Å². The Balaban J connectivity index is 2.25. The lowest BCUT2D eigenvalue weighted by atomic mass is 10.1. The van der Waals surface area contributed by atoms with Crippen molar-refractivity contribution in [2.45, 2.75) is 13.3 Å². The number of hydrogen-bond acceptors (Lipinski definition) is 3. The Morgan fingerprint density at radius 1 is 1.30 bits per heavy atom. The summed E-state index contributed by atoms with van der Waals surface area (Å²) in [6.07, 6.45) is 2.00. The van der Waals surface area contributed by atoms with Crippen LogP contribution in [0.1, 0.15) is 12.5 Å². The predicted molar refractivity (Wildman–Crippen MR) is 76.1 cm³/mol. The van der Waals surface area contributed by atoms with Crippen LogP contribution in [0.4, 0.5) is 4.79 Å². The molecule has 106 valence electrons. The number of benzene rings is 1. The second-order valence-electron chi connectivity index (χ2n) is 4.38.